The predicted molar refractivity (Wildman–Crippen MR) is 135 cm³/mol. The Balaban J connectivity index is 1.54. The summed E-state index contributed by atoms with van der Waals surface area (Å²) >= 11 is 1.36. The van der Waals surface area contributed by atoms with Crippen molar-refractivity contribution in [3.8, 4) is 5.75 Å². The molecule has 8 heteroatoms. The highest BCUT2D eigenvalue weighted by molar-refractivity contribution is 7.99. The summed E-state index contributed by atoms with van der Waals surface area (Å²) in [5.41, 5.74) is 1.97. The molecule has 0 saturated carbocycles. The van der Waals surface area contributed by atoms with Crippen molar-refractivity contribution in [3.05, 3.63) is 84.4 Å². The molecular formula is C26H22N2O4S2. The number of fused-ring (bicyclic) bond motifs is 2. The van der Waals surface area contributed by atoms with E-state index in [1.807, 2.05) is 30.3 Å². The topological polar surface area (TPSA) is 86.7 Å². The Morgan fingerprint density at radius 1 is 0.971 bits per heavy atom. The average molecular weight is 491 g/mol. The normalized spacial score (nSPS) is 13.1. The second kappa shape index (κ2) is 8.70. The Bertz CT molecular complexity index is 1520. The number of phenolic OH excluding ortho intramolecular Hbond substituents is 1. The number of phenols is 1. The lowest BCUT2D eigenvalue weighted by molar-refractivity contribution is -0.116. The summed E-state index contributed by atoms with van der Waals surface area (Å²) in [5, 5.41) is 12.1. The lowest BCUT2D eigenvalue weighted by Crippen LogP contribution is -2.25. The van der Waals surface area contributed by atoms with Gasteiger partial charge in [-0.1, -0.05) is 54.2 Å². The largest absolute Gasteiger partial charge is 0.506 e. The maximum atomic E-state index is 13.4. The Kier molecular flexibility index (Phi) is 5.71. The zero-order valence-corrected chi connectivity index (χ0v) is 20.0. The number of anilines is 2. The van der Waals surface area contributed by atoms with Crippen molar-refractivity contribution in [1.82, 2.24) is 0 Å². The molecule has 4 aromatic rings. The van der Waals surface area contributed by atoms with Gasteiger partial charge < -0.3 is 10.0 Å². The monoisotopic (exact) mass is 490 g/mol. The molecule has 0 bridgehead atoms. The van der Waals surface area contributed by atoms with Gasteiger partial charge in [0.2, 0.25) is 5.91 Å². The molecular weight excluding hydrogens is 468 g/mol. The highest BCUT2D eigenvalue weighted by Crippen LogP contribution is 2.43. The van der Waals surface area contributed by atoms with Crippen LogP contribution in [-0.2, 0) is 21.2 Å². The van der Waals surface area contributed by atoms with Gasteiger partial charge in [0.15, 0.2) is 0 Å². The highest BCUT2D eigenvalue weighted by Gasteiger charge is 2.25. The molecule has 2 N–H and O–H groups in total. The quantitative estimate of drug-likeness (QED) is 0.366. The van der Waals surface area contributed by atoms with Crippen molar-refractivity contribution in [3.63, 3.8) is 0 Å². The van der Waals surface area contributed by atoms with Gasteiger partial charge in [0.05, 0.1) is 15.5 Å². The number of hydrogen-bond donors (Lipinski definition) is 2. The van der Waals surface area contributed by atoms with Crippen molar-refractivity contribution in [2.75, 3.05) is 16.2 Å². The zero-order valence-electron chi connectivity index (χ0n) is 18.4. The minimum atomic E-state index is -3.91. The predicted octanol–water partition coefficient (Wildman–Crippen LogP) is 5.41. The summed E-state index contributed by atoms with van der Waals surface area (Å²) in [7, 11) is -3.91. The molecule has 1 heterocycles. The van der Waals surface area contributed by atoms with Gasteiger partial charge in [-0.15, -0.1) is 0 Å². The lowest BCUT2D eigenvalue weighted by Gasteiger charge is -2.16. The fourth-order valence-electron chi connectivity index (χ4n) is 4.19. The van der Waals surface area contributed by atoms with Gasteiger partial charge in [0.25, 0.3) is 10.0 Å². The van der Waals surface area contributed by atoms with E-state index in [9.17, 15) is 18.3 Å². The Morgan fingerprint density at radius 2 is 1.68 bits per heavy atom. The summed E-state index contributed by atoms with van der Waals surface area (Å²) < 4.78 is 29.4. The molecule has 34 heavy (non-hydrogen) atoms. The van der Waals surface area contributed by atoms with Gasteiger partial charge in [-0.05, 0) is 48.4 Å². The van der Waals surface area contributed by atoms with Gasteiger partial charge in [0, 0.05) is 34.8 Å². The maximum Gasteiger partial charge on any atom is 0.261 e. The van der Waals surface area contributed by atoms with E-state index in [0.29, 0.717) is 34.3 Å². The smallest absolute Gasteiger partial charge is 0.261 e. The number of nitrogens with one attached hydrogen (secondary N) is 1. The Hall–Kier alpha value is -3.49. The summed E-state index contributed by atoms with van der Waals surface area (Å²) in [4.78, 5) is 15.1. The zero-order chi connectivity index (χ0) is 23.9. The van der Waals surface area contributed by atoms with Crippen LogP contribution >= 0.6 is 11.8 Å². The van der Waals surface area contributed by atoms with Crippen LogP contribution in [0.1, 0.15) is 12.5 Å². The van der Waals surface area contributed by atoms with Crippen LogP contribution in [0.3, 0.4) is 0 Å². The van der Waals surface area contributed by atoms with Crippen molar-refractivity contribution in [1.29, 1.82) is 0 Å². The van der Waals surface area contributed by atoms with E-state index in [1.54, 1.807) is 47.4 Å². The third-order valence-corrected chi connectivity index (χ3v) is 8.24. The highest BCUT2D eigenvalue weighted by atomic mass is 32.2. The van der Waals surface area contributed by atoms with E-state index in [2.05, 4.69) is 4.72 Å². The molecule has 1 aliphatic rings. The second-order valence-electron chi connectivity index (χ2n) is 8.05. The molecule has 1 aliphatic heterocycles. The number of hydrogen-bond acceptors (Lipinski definition) is 5. The van der Waals surface area contributed by atoms with Crippen molar-refractivity contribution >= 4 is 49.8 Å². The van der Waals surface area contributed by atoms with Crippen molar-refractivity contribution in [2.45, 2.75) is 28.0 Å². The SMILES string of the molecule is CC(=O)N1CCc2cc(S(=O)(=O)Nc3cc(Sc4ccccc4)c(O)c4ccccc34)ccc21. The van der Waals surface area contributed by atoms with Crippen LogP contribution in [0, 0.1) is 0 Å². The summed E-state index contributed by atoms with van der Waals surface area (Å²) in [5.74, 6) is 0.0424. The minimum absolute atomic E-state index is 0.0634. The van der Waals surface area contributed by atoms with Gasteiger partial charge >= 0.3 is 0 Å². The van der Waals surface area contributed by atoms with Crippen LogP contribution in [-0.4, -0.2) is 26.0 Å². The minimum Gasteiger partial charge on any atom is -0.506 e. The van der Waals surface area contributed by atoms with Crippen LogP contribution in [0.25, 0.3) is 10.8 Å². The molecule has 0 fully saturated rings. The first-order valence-corrected chi connectivity index (χ1v) is 13.0. The fraction of sp³-hybridized carbons (Fsp3) is 0.115. The maximum absolute atomic E-state index is 13.4. The van der Waals surface area contributed by atoms with Crippen LogP contribution in [0.4, 0.5) is 11.4 Å². The molecule has 0 aromatic heterocycles. The van der Waals surface area contributed by atoms with E-state index in [0.717, 1.165) is 16.1 Å². The van der Waals surface area contributed by atoms with E-state index in [1.165, 1.54) is 24.8 Å². The number of aromatic hydroxyl groups is 1. The molecule has 0 atom stereocenters. The number of amides is 1. The summed E-state index contributed by atoms with van der Waals surface area (Å²) in [6.45, 7) is 2.05. The third kappa shape index (κ3) is 4.10. The molecule has 0 radical (unpaired) electrons. The Labute approximate surface area is 202 Å². The molecule has 172 valence electrons. The van der Waals surface area contributed by atoms with Crippen molar-refractivity contribution < 1.29 is 18.3 Å². The molecule has 5 rings (SSSR count). The number of sulfonamides is 1. The number of carbonyl (C=O) groups excluding carboxylic acids is 1. The molecule has 0 unspecified atom stereocenters. The van der Waals surface area contributed by atoms with Gasteiger partial charge in [-0.2, -0.15) is 0 Å². The molecule has 6 nitrogen and oxygen atoms in total. The Morgan fingerprint density at radius 3 is 2.41 bits per heavy atom. The van der Waals surface area contributed by atoms with Crippen molar-refractivity contribution in [2.24, 2.45) is 0 Å². The molecule has 0 spiro atoms. The molecule has 0 aliphatic carbocycles. The van der Waals surface area contributed by atoms with E-state index >= 15 is 0 Å². The molecule has 1 amide bonds. The van der Waals surface area contributed by atoms with Crippen LogP contribution in [0.15, 0.2) is 93.5 Å². The van der Waals surface area contributed by atoms with E-state index in [4.69, 9.17) is 0 Å². The third-order valence-electron chi connectivity index (χ3n) is 5.83. The number of benzene rings is 4. The first kappa shape index (κ1) is 22.3. The second-order valence-corrected chi connectivity index (χ2v) is 10.8. The average Bonchev–Trinajstić information content (AvgIpc) is 3.26. The first-order valence-electron chi connectivity index (χ1n) is 10.7. The van der Waals surface area contributed by atoms with Gasteiger partial charge in [0.1, 0.15) is 5.75 Å². The van der Waals surface area contributed by atoms with E-state index in [-0.39, 0.29) is 16.6 Å². The number of carbonyl (C=O) groups is 1. The van der Waals surface area contributed by atoms with E-state index < -0.39 is 10.0 Å². The summed E-state index contributed by atoms with van der Waals surface area (Å²) in [6.07, 6.45) is 0.609. The lowest BCUT2D eigenvalue weighted by atomic mass is 10.1. The number of rotatable bonds is 5. The first-order chi connectivity index (χ1) is 16.3. The standard InChI is InChI=1S/C26H22N2O4S2/c1-17(29)28-14-13-18-15-20(11-12-24(18)28)34(31,32)27-23-16-25(33-19-7-3-2-4-8-19)26(30)22-10-6-5-9-21(22)23/h2-12,15-16,27,30H,13-14H2,1H3. The van der Waals surface area contributed by atoms with Gasteiger partial charge in [-0.3, -0.25) is 9.52 Å². The number of nitrogens with zero attached hydrogens (tertiary/aromatic N) is 1. The van der Waals surface area contributed by atoms with Gasteiger partial charge in [-0.25, -0.2) is 8.42 Å². The molecule has 0 saturated heterocycles. The molecule has 4 aromatic carbocycles. The van der Waals surface area contributed by atoms with Crippen LogP contribution in [0.2, 0.25) is 0 Å². The van der Waals surface area contributed by atoms with Crippen LogP contribution < -0.4 is 9.62 Å². The summed E-state index contributed by atoms with van der Waals surface area (Å²) in [6, 6.07) is 23.2. The van der Waals surface area contributed by atoms with Crippen LogP contribution in [0.5, 0.6) is 5.75 Å². The fourth-order valence-corrected chi connectivity index (χ4v) is 6.24.